The largest absolute Gasteiger partial charge is 0.481 e. The van der Waals surface area contributed by atoms with E-state index >= 15 is 0 Å². The lowest BCUT2D eigenvalue weighted by molar-refractivity contribution is -0.153. The highest BCUT2D eigenvalue weighted by atomic mass is 16.4. The maximum atomic E-state index is 11.7. The zero-order chi connectivity index (χ0) is 13.9. The van der Waals surface area contributed by atoms with Crippen LogP contribution in [0.3, 0.4) is 0 Å². The Morgan fingerprint density at radius 2 is 1.84 bits per heavy atom. The molecule has 0 bridgehead atoms. The van der Waals surface area contributed by atoms with Crippen LogP contribution >= 0.6 is 0 Å². The van der Waals surface area contributed by atoms with E-state index in [1.165, 1.54) is 0 Å². The normalized spacial score (nSPS) is 29.1. The minimum absolute atomic E-state index is 0.164. The van der Waals surface area contributed by atoms with Gasteiger partial charge in [-0.2, -0.15) is 0 Å². The molecule has 108 valence electrons. The van der Waals surface area contributed by atoms with Gasteiger partial charge in [0.15, 0.2) is 0 Å². The number of aliphatic hydroxyl groups excluding tert-OH is 1. The number of carboxylic acids is 1. The lowest BCUT2D eigenvalue weighted by atomic mass is 9.69. The van der Waals surface area contributed by atoms with Crippen LogP contribution in [0.25, 0.3) is 0 Å². The Bertz CT molecular complexity index is 355. The Labute approximate surface area is 112 Å². The molecular weight excluding hydrogens is 248 g/mol. The highest BCUT2D eigenvalue weighted by molar-refractivity contribution is 5.79. The van der Waals surface area contributed by atoms with Crippen LogP contribution in [0.2, 0.25) is 0 Å². The van der Waals surface area contributed by atoms with Crippen LogP contribution in [0.15, 0.2) is 0 Å². The number of rotatable bonds is 4. The Kier molecular flexibility index (Phi) is 4.29. The summed E-state index contributed by atoms with van der Waals surface area (Å²) in [7, 11) is 0. The summed E-state index contributed by atoms with van der Waals surface area (Å²) in [5, 5.41) is 24.3. The van der Waals surface area contributed by atoms with Gasteiger partial charge in [-0.05, 0) is 25.7 Å². The van der Waals surface area contributed by atoms with Crippen molar-refractivity contribution in [1.82, 2.24) is 10.6 Å². The number of carboxylic acid groups (broad SMARTS) is 1. The molecule has 0 aromatic carbocycles. The Morgan fingerprint density at radius 3 is 2.37 bits per heavy atom. The van der Waals surface area contributed by atoms with Gasteiger partial charge in [-0.3, -0.25) is 4.79 Å². The van der Waals surface area contributed by atoms with Gasteiger partial charge in [0.25, 0.3) is 0 Å². The molecule has 2 rings (SSSR count). The highest BCUT2D eigenvalue weighted by Gasteiger charge is 2.44. The monoisotopic (exact) mass is 270 g/mol. The minimum Gasteiger partial charge on any atom is -0.481 e. The van der Waals surface area contributed by atoms with Crippen LogP contribution in [-0.4, -0.2) is 40.9 Å². The molecule has 2 aliphatic carbocycles. The quantitative estimate of drug-likeness (QED) is 0.608. The molecule has 6 nitrogen and oxygen atoms in total. The predicted molar refractivity (Wildman–Crippen MR) is 68.7 cm³/mol. The van der Waals surface area contributed by atoms with E-state index in [1.807, 2.05) is 0 Å². The molecule has 0 heterocycles. The summed E-state index contributed by atoms with van der Waals surface area (Å²) in [6.07, 6.45) is 5.13. The number of carbonyl (C=O) groups is 2. The first kappa shape index (κ1) is 14.1. The first-order valence-corrected chi connectivity index (χ1v) is 6.99. The van der Waals surface area contributed by atoms with E-state index in [4.69, 9.17) is 5.11 Å². The third-order valence-electron chi connectivity index (χ3n) is 4.40. The molecule has 2 unspecified atom stereocenters. The van der Waals surface area contributed by atoms with Gasteiger partial charge >= 0.3 is 12.0 Å². The van der Waals surface area contributed by atoms with Crippen molar-refractivity contribution in [1.29, 1.82) is 0 Å². The topological polar surface area (TPSA) is 98.7 Å². The van der Waals surface area contributed by atoms with E-state index in [9.17, 15) is 14.7 Å². The molecule has 2 fully saturated rings. The Balaban J connectivity index is 1.76. The van der Waals surface area contributed by atoms with Gasteiger partial charge in [0, 0.05) is 6.54 Å². The van der Waals surface area contributed by atoms with Gasteiger partial charge in [-0.25, -0.2) is 4.79 Å². The summed E-state index contributed by atoms with van der Waals surface area (Å²) < 4.78 is 0. The maximum Gasteiger partial charge on any atom is 0.315 e. The smallest absolute Gasteiger partial charge is 0.315 e. The van der Waals surface area contributed by atoms with Gasteiger partial charge in [0.1, 0.15) is 0 Å². The first-order chi connectivity index (χ1) is 9.03. The van der Waals surface area contributed by atoms with Crippen LogP contribution in [0, 0.1) is 5.41 Å². The Morgan fingerprint density at radius 1 is 1.16 bits per heavy atom. The number of aliphatic hydroxyl groups is 1. The third-order valence-corrected chi connectivity index (χ3v) is 4.40. The second-order valence-corrected chi connectivity index (χ2v) is 5.72. The van der Waals surface area contributed by atoms with E-state index in [0.717, 1.165) is 25.7 Å². The van der Waals surface area contributed by atoms with Crippen molar-refractivity contribution < 1.29 is 19.8 Å². The van der Waals surface area contributed by atoms with Crippen molar-refractivity contribution >= 4 is 12.0 Å². The van der Waals surface area contributed by atoms with Crippen molar-refractivity contribution in [3.05, 3.63) is 0 Å². The van der Waals surface area contributed by atoms with Crippen molar-refractivity contribution in [2.24, 2.45) is 5.41 Å². The number of carbonyl (C=O) groups excluding carboxylic acids is 1. The van der Waals surface area contributed by atoms with Crippen LogP contribution in [-0.2, 0) is 4.79 Å². The fraction of sp³-hybridized carbons (Fsp3) is 0.846. The summed E-state index contributed by atoms with van der Waals surface area (Å²) in [4.78, 5) is 22.9. The second kappa shape index (κ2) is 5.77. The number of nitrogens with one attached hydrogen (secondary N) is 2. The Hall–Kier alpha value is -1.30. The van der Waals surface area contributed by atoms with E-state index in [0.29, 0.717) is 19.3 Å². The van der Waals surface area contributed by atoms with Crippen molar-refractivity contribution in [2.75, 3.05) is 6.54 Å². The van der Waals surface area contributed by atoms with Gasteiger partial charge in [0.2, 0.25) is 0 Å². The van der Waals surface area contributed by atoms with E-state index < -0.39 is 17.5 Å². The minimum atomic E-state index is -0.836. The maximum absolute atomic E-state index is 11.7. The first-order valence-electron chi connectivity index (χ1n) is 6.99. The molecule has 0 spiro atoms. The molecule has 0 aromatic heterocycles. The molecular formula is C13H22N2O4. The van der Waals surface area contributed by atoms with E-state index in [2.05, 4.69) is 10.6 Å². The number of urea groups is 1. The number of hydrogen-bond donors (Lipinski definition) is 4. The van der Waals surface area contributed by atoms with Crippen molar-refractivity contribution in [2.45, 2.75) is 57.1 Å². The molecule has 2 amide bonds. The number of amides is 2. The fourth-order valence-corrected chi connectivity index (χ4v) is 2.82. The molecule has 4 N–H and O–H groups in total. The molecule has 0 aliphatic heterocycles. The standard InChI is InChI=1S/C13H22N2O4/c16-10-5-2-1-4-9(10)15-12(19)14-8-13(11(17)18)6-3-7-13/h9-10,16H,1-8H2,(H,17,18)(H2,14,15,19). The van der Waals surface area contributed by atoms with E-state index in [1.54, 1.807) is 0 Å². The predicted octanol–water partition coefficient (Wildman–Crippen LogP) is 0.844. The summed E-state index contributed by atoms with van der Waals surface area (Å²) in [5.41, 5.74) is -0.775. The van der Waals surface area contributed by atoms with Crippen molar-refractivity contribution in [3.63, 3.8) is 0 Å². The highest BCUT2D eigenvalue weighted by Crippen LogP contribution is 2.40. The van der Waals surface area contributed by atoms with Gasteiger partial charge < -0.3 is 20.8 Å². The molecule has 0 aromatic rings. The molecule has 2 atom stereocenters. The average molecular weight is 270 g/mol. The number of hydrogen-bond acceptors (Lipinski definition) is 3. The SMILES string of the molecule is O=C(NCC1(C(=O)O)CCC1)NC1CCCCC1O. The van der Waals surface area contributed by atoms with Crippen LogP contribution < -0.4 is 10.6 Å². The van der Waals surface area contributed by atoms with Crippen LogP contribution in [0.5, 0.6) is 0 Å². The molecule has 0 saturated heterocycles. The summed E-state index contributed by atoms with van der Waals surface area (Å²) in [6.45, 7) is 0.164. The molecule has 2 saturated carbocycles. The van der Waals surface area contributed by atoms with Crippen molar-refractivity contribution in [3.8, 4) is 0 Å². The fourth-order valence-electron chi connectivity index (χ4n) is 2.82. The second-order valence-electron chi connectivity index (χ2n) is 5.72. The molecule has 19 heavy (non-hydrogen) atoms. The van der Waals surface area contributed by atoms with E-state index in [-0.39, 0.29) is 18.6 Å². The summed E-state index contributed by atoms with van der Waals surface area (Å²) in [6, 6.07) is -0.589. The molecule has 6 heteroatoms. The lowest BCUT2D eigenvalue weighted by Crippen LogP contribution is -2.53. The molecule has 2 aliphatic rings. The molecule has 0 radical (unpaired) electrons. The summed E-state index contributed by atoms with van der Waals surface area (Å²) >= 11 is 0. The average Bonchev–Trinajstić information content (AvgIpc) is 2.30. The van der Waals surface area contributed by atoms with Gasteiger partial charge in [0.05, 0.1) is 17.6 Å². The van der Waals surface area contributed by atoms with Crippen LogP contribution in [0.4, 0.5) is 4.79 Å². The van der Waals surface area contributed by atoms with Gasteiger partial charge in [-0.1, -0.05) is 19.3 Å². The number of aliphatic carboxylic acids is 1. The third kappa shape index (κ3) is 3.18. The summed E-state index contributed by atoms with van der Waals surface area (Å²) in [5.74, 6) is -0.836. The lowest BCUT2D eigenvalue weighted by Gasteiger charge is -2.37. The zero-order valence-corrected chi connectivity index (χ0v) is 11.0. The zero-order valence-electron chi connectivity index (χ0n) is 11.0. The van der Waals surface area contributed by atoms with Gasteiger partial charge in [-0.15, -0.1) is 0 Å². The van der Waals surface area contributed by atoms with Crippen LogP contribution in [0.1, 0.15) is 44.9 Å².